The van der Waals surface area contributed by atoms with Gasteiger partial charge in [0.1, 0.15) is 0 Å². The van der Waals surface area contributed by atoms with Gasteiger partial charge in [0.15, 0.2) is 0 Å². The lowest BCUT2D eigenvalue weighted by molar-refractivity contribution is 0.434. The molecule has 0 aliphatic carbocycles. The number of rotatable bonds is 8. The maximum Gasteiger partial charge on any atom is 0.0208 e. The van der Waals surface area contributed by atoms with Crippen molar-refractivity contribution in [3.63, 3.8) is 0 Å². The molecular formula is C17H29N. The van der Waals surface area contributed by atoms with Gasteiger partial charge in [-0.3, -0.25) is 0 Å². The van der Waals surface area contributed by atoms with Gasteiger partial charge in [-0.1, -0.05) is 62.4 Å². The molecule has 0 saturated carbocycles. The Labute approximate surface area is 113 Å². The Bertz CT molecular complexity index is 323. The van der Waals surface area contributed by atoms with E-state index in [1.165, 1.54) is 48.8 Å². The lowest BCUT2D eigenvalue weighted by atomic mass is 10.0. The second kappa shape index (κ2) is 8.31. The van der Waals surface area contributed by atoms with Gasteiger partial charge in [-0.2, -0.15) is 0 Å². The van der Waals surface area contributed by atoms with Crippen molar-refractivity contribution in [2.75, 3.05) is 0 Å². The zero-order valence-corrected chi connectivity index (χ0v) is 12.6. The predicted octanol–water partition coefficient (Wildman–Crippen LogP) is 4.75. The van der Waals surface area contributed by atoms with Gasteiger partial charge in [0.25, 0.3) is 0 Å². The normalized spacial score (nSPS) is 12.7. The molecule has 0 bridgehead atoms. The highest BCUT2D eigenvalue weighted by molar-refractivity contribution is 5.28. The van der Waals surface area contributed by atoms with Crippen LogP contribution in [0.1, 0.15) is 62.6 Å². The summed E-state index contributed by atoms with van der Waals surface area (Å²) < 4.78 is 0. The third-order valence-corrected chi connectivity index (χ3v) is 3.42. The molecule has 102 valence electrons. The number of hydrogen-bond acceptors (Lipinski definition) is 1. The Morgan fingerprint density at radius 2 is 1.61 bits per heavy atom. The van der Waals surface area contributed by atoms with Crippen molar-refractivity contribution in [2.45, 2.75) is 72.4 Å². The monoisotopic (exact) mass is 247 g/mol. The van der Waals surface area contributed by atoms with Crippen molar-refractivity contribution < 1.29 is 0 Å². The number of nitrogens with one attached hydrogen (secondary N) is 1. The molecule has 1 unspecified atom stereocenters. The standard InChI is InChI=1S/C17H29N/c1-5-7-9-17(8-6-2)18-13-16-11-14(3)10-15(4)12-16/h10-12,17-18H,5-9,13H2,1-4H3. The van der Waals surface area contributed by atoms with Crippen molar-refractivity contribution in [1.82, 2.24) is 5.32 Å². The molecule has 1 aromatic rings. The van der Waals surface area contributed by atoms with E-state index in [9.17, 15) is 0 Å². The summed E-state index contributed by atoms with van der Waals surface area (Å²) >= 11 is 0. The molecule has 0 aromatic heterocycles. The second-order valence-corrected chi connectivity index (χ2v) is 5.50. The molecule has 1 N–H and O–H groups in total. The summed E-state index contributed by atoms with van der Waals surface area (Å²) in [5.41, 5.74) is 4.16. The van der Waals surface area contributed by atoms with Gasteiger partial charge in [0.2, 0.25) is 0 Å². The maximum absolute atomic E-state index is 3.73. The first-order valence-corrected chi connectivity index (χ1v) is 7.46. The number of aryl methyl sites for hydroxylation is 2. The van der Waals surface area contributed by atoms with Crippen LogP contribution < -0.4 is 5.32 Å². The van der Waals surface area contributed by atoms with Gasteiger partial charge >= 0.3 is 0 Å². The molecular weight excluding hydrogens is 218 g/mol. The first-order valence-electron chi connectivity index (χ1n) is 7.46. The van der Waals surface area contributed by atoms with Crippen molar-refractivity contribution in [1.29, 1.82) is 0 Å². The van der Waals surface area contributed by atoms with Crippen molar-refractivity contribution >= 4 is 0 Å². The van der Waals surface area contributed by atoms with Gasteiger partial charge in [0, 0.05) is 12.6 Å². The fraction of sp³-hybridized carbons (Fsp3) is 0.647. The van der Waals surface area contributed by atoms with Crippen LogP contribution in [0.3, 0.4) is 0 Å². The van der Waals surface area contributed by atoms with Crippen LogP contribution in [0.15, 0.2) is 18.2 Å². The molecule has 0 heterocycles. The first-order chi connectivity index (χ1) is 8.65. The smallest absolute Gasteiger partial charge is 0.0208 e. The van der Waals surface area contributed by atoms with E-state index in [-0.39, 0.29) is 0 Å². The van der Waals surface area contributed by atoms with Crippen molar-refractivity contribution in [2.24, 2.45) is 0 Å². The summed E-state index contributed by atoms with van der Waals surface area (Å²) in [4.78, 5) is 0. The Morgan fingerprint density at radius 3 is 2.17 bits per heavy atom. The summed E-state index contributed by atoms with van der Waals surface area (Å²) in [6.07, 6.45) is 6.52. The molecule has 1 nitrogen and oxygen atoms in total. The van der Waals surface area contributed by atoms with E-state index < -0.39 is 0 Å². The lowest BCUT2D eigenvalue weighted by Crippen LogP contribution is -2.28. The largest absolute Gasteiger partial charge is 0.310 e. The molecule has 1 rings (SSSR count). The van der Waals surface area contributed by atoms with Crippen LogP contribution in [0.4, 0.5) is 0 Å². The van der Waals surface area contributed by atoms with Gasteiger partial charge < -0.3 is 5.32 Å². The van der Waals surface area contributed by atoms with E-state index in [0.29, 0.717) is 6.04 Å². The molecule has 1 heteroatoms. The summed E-state index contributed by atoms with van der Waals surface area (Å²) in [5.74, 6) is 0. The fourth-order valence-corrected chi connectivity index (χ4v) is 2.58. The summed E-state index contributed by atoms with van der Waals surface area (Å²) in [6.45, 7) is 9.91. The Kier molecular flexibility index (Phi) is 7.04. The molecule has 0 spiro atoms. The highest BCUT2D eigenvalue weighted by atomic mass is 14.9. The van der Waals surface area contributed by atoms with Crippen LogP contribution in [0.25, 0.3) is 0 Å². The van der Waals surface area contributed by atoms with Gasteiger partial charge in [-0.25, -0.2) is 0 Å². The molecule has 18 heavy (non-hydrogen) atoms. The molecule has 1 aromatic carbocycles. The van der Waals surface area contributed by atoms with Crippen LogP contribution >= 0.6 is 0 Å². The van der Waals surface area contributed by atoms with Crippen molar-refractivity contribution in [3.05, 3.63) is 34.9 Å². The molecule has 0 saturated heterocycles. The van der Waals surface area contributed by atoms with E-state index in [0.717, 1.165) is 6.54 Å². The highest BCUT2D eigenvalue weighted by Gasteiger charge is 2.06. The molecule has 0 fully saturated rings. The second-order valence-electron chi connectivity index (χ2n) is 5.50. The average molecular weight is 247 g/mol. The van der Waals surface area contributed by atoms with Crippen molar-refractivity contribution in [3.8, 4) is 0 Å². The number of unbranched alkanes of at least 4 members (excludes halogenated alkanes) is 1. The Morgan fingerprint density at radius 1 is 0.944 bits per heavy atom. The third kappa shape index (κ3) is 5.68. The minimum atomic E-state index is 0.691. The van der Waals surface area contributed by atoms with Gasteiger partial charge in [-0.15, -0.1) is 0 Å². The van der Waals surface area contributed by atoms with Gasteiger partial charge in [-0.05, 0) is 32.3 Å². The predicted molar refractivity (Wildman–Crippen MR) is 81.0 cm³/mol. The molecule has 0 aliphatic heterocycles. The molecule has 0 aliphatic rings. The van der Waals surface area contributed by atoms with Crippen LogP contribution in [-0.4, -0.2) is 6.04 Å². The average Bonchev–Trinajstić information content (AvgIpc) is 2.31. The zero-order chi connectivity index (χ0) is 13.4. The minimum Gasteiger partial charge on any atom is -0.310 e. The van der Waals surface area contributed by atoms with E-state index >= 15 is 0 Å². The maximum atomic E-state index is 3.73. The fourth-order valence-electron chi connectivity index (χ4n) is 2.58. The van der Waals surface area contributed by atoms with Crippen LogP contribution in [0, 0.1) is 13.8 Å². The van der Waals surface area contributed by atoms with Crippen LogP contribution in [0.2, 0.25) is 0 Å². The van der Waals surface area contributed by atoms with E-state index in [4.69, 9.17) is 0 Å². The summed E-state index contributed by atoms with van der Waals surface area (Å²) in [6, 6.07) is 7.52. The first kappa shape index (κ1) is 15.2. The molecule has 0 radical (unpaired) electrons. The zero-order valence-electron chi connectivity index (χ0n) is 12.6. The van der Waals surface area contributed by atoms with Gasteiger partial charge in [0.05, 0.1) is 0 Å². The van der Waals surface area contributed by atoms with Crippen LogP contribution in [-0.2, 0) is 6.54 Å². The SMILES string of the molecule is CCCCC(CCC)NCc1cc(C)cc(C)c1. The quantitative estimate of drug-likeness (QED) is 0.699. The topological polar surface area (TPSA) is 12.0 Å². The lowest BCUT2D eigenvalue weighted by Gasteiger charge is -2.18. The number of hydrogen-bond donors (Lipinski definition) is 1. The summed E-state index contributed by atoms with van der Waals surface area (Å²) in [5, 5.41) is 3.73. The Balaban J connectivity index is 2.49. The molecule has 1 atom stereocenters. The van der Waals surface area contributed by atoms with E-state index in [1.54, 1.807) is 0 Å². The Hall–Kier alpha value is -0.820. The minimum absolute atomic E-state index is 0.691. The molecule has 0 amide bonds. The van der Waals surface area contributed by atoms with E-state index in [1.807, 2.05) is 0 Å². The van der Waals surface area contributed by atoms with Crippen LogP contribution in [0.5, 0.6) is 0 Å². The van der Waals surface area contributed by atoms with E-state index in [2.05, 4.69) is 51.2 Å². The third-order valence-electron chi connectivity index (χ3n) is 3.42. The highest BCUT2D eigenvalue weighted by Crippen LogP contribution is 2.11. The number of benzene rings is 1. The summed E-state index contributed by atoms with van der Waals surface area (Å²) in [7, 11) is 0.